The summed E-state index contributed by atoms with van der Waals surface area (Å²) in [7, 11) is 0. The zero-order chi connectivity index (χ0) is 25.3. The Balaban J connectivity index is 1.54. The van der Waals surface area contributed by atoms with E-state index in [9.17, 15) is 14.7 Å². The predicted molar refractivity (Wildman–Crippen MR) is 144 cm³/mol. The van der Waals surface area contributed by atoms with Crippen LogP contribution >= 0.6 is 0 Å². The van der Waals surface area contributed by atoms with Crippen LogP contribution in [0, 0.1) is 0 Å². The van der Waals surface area contributed by atoms with Crippen molar-refractivity contribution in [3.05, 3.63) is 107 Å². The van der Waals surface area contributed by atoms with Crippen molar-refractivity contribution in [2.45, 2.75) is 32.6 Å². The summed E-state index contributed by atoms with van der Waals surface area (Å²) >= 11 is 0. The van der Waals surface area contributed by atoms with Crippen molar-refractivity contribution >= 4 is 29.8 Å². The summed E-state index contributed by atoms with van der Waals surface area (Å²) in [6.07, 6.45) is 11.8. The largest absolute Gasteiger partial charge is 0.507 e. The number of nitrogens with zero attached hydrogens (tertiary/aromatic N) is 2. The summed E-state index contributed by atoms with van der Waals surface area (Å²) in [5, 5.41) is 13.3. The van der Waals surface area contributed by atoms with Crippen molar-refractivity contribution in [2.75, 3.05) is 13.1 Å². The van der Waals surface area contributed by atoms with Gasteiger partial charge < -0.3 is 10.0 Å². The monoisotopic (exact) mass is 481 g/mol. The van der Waals surface area contributed by atoms with Gasteiger partial charge in [0.2, 0.25) is 12.4 Å². The van der Waals surface area contributed by atoms with Gasteiger partial charge in [-0.15, -0.1) is 0 Å². The maximum atomic E-state index is 12.9. The second-order valence-electron chi connectivity index (χ2n) is 8.92. The molecule has 6 nitrogen and oxygen atoms in total. The van der Waals surface area contributed by atoms with Crippen molar-refractivity contribution in [1.29, 1.82) is 0 Å². The number of carbonyl (C=O) groups is 2. The number of rotatable bonds is 6. The van der Waals surface area contributed by atoms with Crippen LogP contribution in [0.2, 0.25) is 0 Å². The smallest absolute Gasteiger partial charge is 0.213 e. The summed E-state index contributed by atoms with van der Waals surface area (Å²) in [6, 6.07) is 17.0. The highest BCUT2D eigenvalue weighted by Gasteiger charge is 2.18. The third-order valence-corrected chi connectivity index (χ3v) is 6.28. The molecular formula is C30H31N3O3. The Bertz CT molecular complexity index is 1260. The number of nitrogens with one attached hydrogen (secondary N) is 1. The molecular weight excluding hydrogens is 450 g/mol. The molecule has 0 bridgehead atoms. The number of piperidine rings is 1. The third-order valence-electron chi connectivity index (χ3n) is 6.28. The number of carbonyl (C=O) groups excluding carboxylic acids is 2. The van der Waals surface area contributed by atoms with Gasteiger partial charge in [-0.25, -0.2) is 4.99 Å². The van der Waals surface area contributed by atoms with Crippen molar-refractivity contribution in [1.82, 2.24) is 10.2 Å². The number of aliphatic imine (C=N–C) groups is 1. The standard InChI is InChI=1S/C30H31N3O3/c1-22(32-30(31-21-34)33-17-6-3-7-18-33)19-23-9-8-12-26(20-23)24-13-15-27(28(35)16-14-24)29(36)25-10-4-2-5-11-25/h2,4-5,8-12,14-16,19-21,35H,3,6-7,13,17-18H2,1H3,(H,31,32,34)/b22-19-. The Morgan fingerprint density at radius 2 is 1.81 bits per heavy atom. The molecule has 184 valence electrons. The lowest BCUT2D eigenvalue weighted by atomic mass is 9.98. The molecule has 1 aliphatic carbocycles. The van der Waals surface area contributed by atoms with Crippen LogP contribution in [0.5, 0.6) is 0 Å². The second kappa shape index (κ2) is 12.0. The van der Waals surface area contributed by atoms with Gasteiger partial charge in [-0.3, -0.25) is 14.9 Å². The van der Waals surface area contributed by atoms with Crippen LogP contribution in [-0.4, -0.2) is 41.2 Å². The maximum absolute atomic E-state index is 12.9. The number of guanidine groups is 1. The Labute approximate surface area is 212 Å². The van der Waals surface area contributed by atoms with Gasteiger partial charge in [0.15, 0.2) is 5.78 Å². The lowest BCUT2D eigenvalue weighted by molar-refractivity contribution is -0.108. The van der Waals surface area contributed by atoms with Crippen molar-refractivity contribution in [3.63, 3.8) is 0 Å². The van der Waals surface area contributed by atoms with Gasteiger partial charge in [0.25, 0.3) is 0 Å². The lowest BCUT2D eigenvalue weighted by Crippen LogP contribution is -2.43. The van der Waals surface area contributed by atoms with Gasteiger partial charge >= 0.3 is 0 Å². The molecule has 1 amide bonds. The van der Waals surface area contributed by atoms with Gasteiger partial charge in [0.1, 0.15) is 5.76 Å². The van der Waals surface area contributed by atoms with E-state index in [1.165, 1.54) is 6.42 Å². The first-order valence-corrected chi connectivity index (χ1v) is 12.3. The molecule has 0 aromatic heterocycles. The number of aliphatic hydroxyl groups excluding tert-OH is 1. The van der Waals surface area contributed by atoms with Crippen LogP contribution in [-0.2, 0) is 4.79 Å². The minimum absolute atomic E-state index is 0.0343. The zero-order valence-corrected chi connectivity index (χ0v) is 20.5. The van der Waals surface area contributed by atoms with Gasteiger partial charge in [-0.1, -0.05) is 60.7 Å². The Hall–Kier alpha value is -4.19. The third kappa shape index (κ3) is 6.27. The Kier molecular flexibility index (Phi) is 8.29. The van der Waals surface area contributed by atoms with Gasteiger partial charge in [-0.2, -0.15) is 0 Å². The molecule has 2 aliphatic rings. The maximum Gasteiger partial charge on any atom is 0.213 e. The molecule has 0 unspecified atom stereocenters. The molecule has 2 aromatic carbocycles. The first-order valence-electron chi connectivity index (χ1n) is 12.3. The van der Waals surface area contributed by atoms with Crippen molar-refractivity contribution < 1.29 is 14.7 Å². The summed E-state index contributed by atoms with van der Waals surface area (Å²) in [5.41, 5.74) is 4.60. The number of Topliss-reactive ketones (excluding diaryl/α,β-unsaturated/α-hetero) is 1. The van der Waals surface area contributed by atoms with E-state index in [1.54, 1.807) is 24.3 Å². The van der Waals surface area contributed by atoms with E-state index in [2.05, 4.69) is 21.3 Å². The van der Waals surface area contributed by atoms with Crippen LogP contribution in [0.1, 0.15) is 54.1 Å². The van der Waals surface area contributed by atoms with E-state index in [1.807, 2.05) is 55.5 Å². The Morgan fingerprint density at radius 3 is 2.56 bits per heavy atom. The molecule has 1 fully saturated rings. The molecule has 0 radical (unpaired) electrons. The first-order chi connectivity index (χ1) is 17.5. The molecule has 1 heterocycles. The van der Waals surface area contributed by atoms with Crippen LogP contribution < -0.4 is 5.32 Å². The minimum Gasteiger partial charge on any atom is -0.507 e. The highest BCUT2D eigenvalue weighted by atomic mass is 16.3. The molecule has 0 saturated carbocycles. The van der Waals surface area contributed by atoms with E-state index in [4.69, 9.17) is 0 Å². The number of amides is 1. The van der Waals surface area contributed by atoms with Crippen molar-refractivity contribution in [3.8, 4) is 0 Å². The van der Waals surface area contributed by atoms with Crippen LogP contribution in [0.3, 0.4) is 0 Å². The zero-order valence-electron chi connectivity index (χ0n) is 20.5. The quantitative estimate of drug-likeness (QED) is 0.241. The summed E-state index contributed by atoms with van der Waals surface area (Å²) in [4.78, 5) is 30.8. The van der Waals surface area contributed by atoms with Crippen LogP contribution in [0.25, 0.3) is 11.6 Å². The minimum atomic E-state index is -0.197. The molecule has 0 spiro atoms. The summed E-state index contributed by atoms with van der Waals surface area (Å²) < 4.78 is 0. The molecule has 0 atom stereocenters. The van der Waals surface area contributed by atoms with Crippen LogP contribution in [0.15, 0.2) is 94.8 Å². The highest BCUT2D eigenvalue weighted by molar-refractivity contribution is 6.11. The number of benzene rings is 2. The van der Waals surface area contributed by atoms with Crippen molar-refractivity contribution in [2.24, 2.45) is 4.99 Å². The number of hydrogen-bond donors (Lipinski definition) is 2. The SMILES string of the molecule is C/C(=C/c1cccc(C2=CC=C(O)C(C(=O)c3ccccc3)=CC2)c1)N=C(NC=O)N1CCCCC1. The van der Waals surface area contributed by atoms with Crippen LogP contribution in [0.4, 0.5) is 0 Å². The number of aliphatic hydroxyl groups is 1. The lowest BCUT2D eigenvalue weighted by Gasteiger charge is -2.29. The fourth-order valence-electron chi connectivity index (χ4n) is 4.44. The number of hydrogen-bond acceptors (Lipinski definition) is 4. The number of likely N-dealkylation sites (tertiary alicyclic amines) is 1. The van der Waals surface area contributed by atoms with Gasteiger partial charge in [-0.05, 0) is 67.5 Å². The molecule has 36 heavy (non-hydrogen) atoms. The molecule has 1 aliphatic heterocycles. The topological polar surface area (TPSA) is 82.0 Å². The fraction of sp³-hybridized carbons (Fsp3) is 0.233. The van der Waals surface area contributed by atoms with E-state index < -0.39 is 0 Å². The normalized spacial score (nSPS) is 16.9. The summed E-state index contributed by atoms with van der Waals surface area (Å²) in [5.74, 6) is 0.355. The first kappa shape index (κ1) is 24.9. The molecule has 4 rings (SSSR count). The number of ketones is 1. The molecule has 1 saturated heterocycles. The second-order valence-corrected chi connectivity index (χ2v) is 8.92. The average Bonchev–Trinajstić information content (AvgIpc) is 3.10. The van der Waals surface area contributed by atoms with E-state index >= 15 is 0 Å². The van der Waals surface area contributed by atoms with Gasteiger partial charge in [0.05, 0.1) is 5.57 Å². The number of allylic oxidation sites excluding steroid dienone is 6. The van der Waals surface area contributed by atoms with E-state index in [-0.39, 0.29) is 11.5 Å². The summed E-state index contributed by atoms with van der Waals surface area (Å²) in [6.45, 7) is 3.69. The molecule has 2 aromatic rings. The predicted octanol–water partition coefficient (Wildman–Crippen LogP) is 5.67. The Morgan fingerprint density at radius 1 is 1.03 bits per heavy atom. The van der Waals surface area contributed by atoms with E-state index in [0.29, 0.717) is 29.9 Å². The average molecular weight is 482 g/mol. The highest BCUT2D eigenvalue weighted by Crippen LogP contribution is 2.27. The molecule has 6 heteroatoms. The molecule has 2 N–H and O–H groups in total. The van der Waals surface area contributed by atoms with E-state index in [0.717, 1.165) is 48.3 Å². The fourth-order valence-corrected chi connectivity index (χ4v) is 4.44. The van der Waals surface area contributed by atoms with Gasteiger partial charge in [0, 0.05) is 24.4 Å².